The number of nitrogens with zero attached hydrogens (tertiary/aromatic N) is 1. The normalized spacial score (nSPS) is 18.4. The fourth-order valence-electron chi connectivity index (χ4n) is 1.89. The molecule has 1 aromatic carbocycles. The van der Waals surface area contributed by atoms with E-state index in [1.165, 1.54) is 12.8 Å². The van der Waals surface area contributed by atoms with Crippen LogP contribution in [0.25, 0.3) is 0 Å². The minimum Gasteiger partial charge on any atom is -0.292 e. The van der Waals surface area contributed by atoms with E-state index in [1.54, 1.807) is 0 Å². The van der Waals surface area contributed by atoms with Crippen LogP contribution in [0.1, 0.15) is 25.3 Å². The van der Waals surface area contributed by atoms with E-state index >= 15 is 0 Å². The van der Waals surface area contributed by atoms with Gasteiger partial charge in [0.2, 0.25) is 0 Å². The molecule has 1 aromatic rings. The molecule has 1 N–H and O–H groups in total. The van der Waals surface area contributed by atoms with Crippen LogP contribution in [0.5, 0.6) is 0 Å². The van der Waals surface area contributed by atoms with Gasteiger partial charge in [0.05, 0.1) is 6.07 Å². The highest BCUT2D eigenvalue weighted by Crippen LogP contribution is 2.31. The highest BCUT2D eigenvalue weighted by atomic mass is 32.2. The number of hydrogen-bond acceptors (Lipinski definition) is 3. The van der Waals surface area contributed by atoms with Gasteiger partial charge in [0.25, 0.3) is 0 Å². The van der Waals surface area contributed by atoms with E-state index in [9.17, 15) is 5.26 Å². The van der Waals surface area contributed by atoms with Crippen molar-refractivity contribution in [1.82, 2.24) is 5.32 Å². The molecule has 0 aromatic heterocycles. The summed E-state index contributed by atoms with van der Waals surface area (Å²) in [5.74, 6) is 1.86. The van der Waals surface area contributed by atoms with Gasteiger partial charge in [0, 0.05) is 11.8 Å². The number of rotatable bonds is 6. The van der Waals surface area contributed by atoms with Crippen LogP contribution in [0.3, 0.4) is 0 Å². The van der Waals surface area contributed by atoms with E-state index < -0.39 is 5.54 Å². The van der Waals surface area contributed by atoms with Crippen LogP contribution in [0.2, 0.25) is 0 Å². The Morgan fingerprint density at radius 2 is 2.12 bits per heavy atom. The second-order valence-corrected chi connectivity index (χ2v) is 5.71. The molecule has 1 aliphatic rings. The van der Waals surface area contributed by atoms with Gasteiger partial charge in [-0.3, -0.25) is 5.32 Å². The number of nitriles is 1. The Balaban J connectivity index is 2.23. The standard InChI is InChI=1S/C14H18N2S/c1-2-17-11-14(10-15,16-13-8-9-13)12-6-4-3-5-7-12/h3-7,13,16H,2,8-9,11H2,1H3. The number of benzene rings is 1. The summed E-state index contributed by atoms with van der Waals surface area (Å²) in [6.45, 7) is 2.13. The van der Waals surface area contributed by atoms with Crippen molar-refractivity contribution in [2.24, 2.45) is 0 Å². The van der Waals surface area contributed by atoms with Crippen LogP contribution in [-0.4, -0.2) is 17.5 Å². The van der Waals surface area contributed by atoms with Gasteiger partial charge < -0.3 is 0 Å². The second kappa shape index (κ2) is 5.57. The van der Waals surface area contributed by atoms with Gasteiger partial charge in [-0.25, -0.2) is 0 Å². The molecule has 1 atom stereocenters. The molecule has 0 bridgehead atoms. The zero-order chi connectivity index (χ0) is 12.1. The fraction of sp³-hybridized carbons (Fsp3) is 0.500. The van der Waals surface area contributed by atoms with E-state index in [0.717, 1.165) is 17.1 Å². The summed E-state index contributed by atoms with van der Waals surface area (Å²) in [5, 5.41) is 13.1. The first kappa shape index (κ1) is 12.5. The third-order valence-corrected chi connectivity index (χ3v) is 4.05. The summed E-state index contributed by atoms with van der Waals surface area (Å²) >= 11 is 1.82. The van der Waals surface area contributed by atoms with Gasteiger partial charge in [-0.15, -0.1) is 0 Å². The third-order valence-electron chi connectivity index (χ3n) is 3.01. The Hall–Kier alpha value is -0.980. The SMILES string of the molecule is CCSCC(C#N)(NC1CC1)c1ccccc1. The Labute approximate surface area is 107 Å². The first-order valence-corrected chi connectivity index (χ1v) is 7.28. The van der Waals surface area contributed by atoms with Crippen molar-refractivity contribution in [2.45, 2.75) is 31.3 Å². The number of nitrogens with one attached hydrogen (secondary N) is 1. The van der Waals surface area contributed by atoms with Gasteiger partial charge in [0.1, 0.15) is 5.54 Å². The van der Waals surface area contributed by atoms with Crippen molar-refractivity contribution in [3.05, 3.63) is 35.9 Å². The molecule has 2 rings (SSSR count). The Kier molecular flexibility index (Phi) is 4.09. The van der Waals surface area contributed by atoms with Crippen LogP contribution in [-0.2, 0) is 5.54 Å². The number of hydrogen-bond donors (Lipinski definition) is 1. The smallest absolute Gasteiger partial charge is 0.141 e. The highest BCUT2D eigenvalue weighted by Gasteiger charge is 2.37. The fourth-order valence-corrected chi connectivity index (χ4v) is 2.72. The molecule has 1 fully saturated rings. The van der Waals surface area contributed by atoms with Crippen LogP contribution in [0.4, 0.5) is 0 Å². The maximum atomic E-state index is 9.61. The largest absolute Gasteiger partial charge is 0.292 e. The minimum absolute atomic E-state index is 0.511. The van der Waals surface area contributed by atoms with E-state index in [1.807, 2.05) is 30.0 Å². The molecular formula is C14H18N2S. The molecular weight excluding hydrogens is 228 g/mol. The lowest BCUT2D eigenvalue weighted by atomic mass is 9.93. The van der Waals surface area contributed by atoms with E-state index in [-0.39, 0.29) is 0 Å². The molecule has 3 heteroatoms. The van der Waals surface area contributed by atoms with Crippen molar-refractivity contribution in [3.63, 3.8) is 0 Å². The average Bonchev–Trinajstić information content (AvgIpc) is 3.19. The summed E-state index contributed by atoms with van der Waals surface area (Å²) in [5.41, 5.74) is 0.582. The van der Waals surface area contributed by atoms with E-state index in [4.69, 9.17) is 0 Å². The van der Waals surface area contributed by atoms with Crippen LogP contribution in [0, 0.1) is 11.3 Å². The number of thioether (sulfide) groups is 1. The van der Waals surface area contributed by atoms with Crippen LogP contribution >= 0.6 is 11.8 Å². The lowest BCUT2D eigenvalue weighted by Crippen LogP contribution is -2.44. The molecule has 1 unspecified atom stereocenters. The Bertz CT molecular complexity index is 394. The Morgan fingerprint density at radius 1 is 1.41 bits per heavy atom. The topological polar surface area (TPSA) is 35.8 Å². The highest BCUT2D eigenvalue weighted by molar-refractivity contribution is 7.99. The van der Waals surface area contributed by atoms with Gasteiger partial charge >= 0.3 is 0 Å². The summed E-state index contributed by atoms with van der Waals surface area (Å²) in [6.07, 6.45) is 2.40. The van der Waals surface area contributed by atoms with Gasteiger partial charge in [0.15, 0.2) is 0 Å². The first-order chi connectivity index (χ1) is 8.30. The van der Waals surface area contributed by atoms with E-state index in [2.05, 4.69) is 30.4 Å². The quantitative estimate of drug-likeness (QED) is 0.838. The lowest BCUT2D eigenvalue weighted by molar-refractivity contribution is 0.470. The van der Waals surface area contributed by atoms with Gasteiger partial charge in [-0.1, -0.05) is 37.3 Å². The second-order valence-electron chi connectivity index (χ2n) is 4.44. The average molecular weight is 246 g/mol. The molecule has 2 nitrogen and oxygen atoms in total. The molecule has 0 aliphatic heterocycles. The van der Waals surface area contributed by atoms with Crippen molar-refractivity contribution in [1.29, 1.82) is 5.26 Å². The van der Waals surface area contributed by atoms with Crippen molar-refractivity contribution < 1.29 is 0 Å². The molecule has 0 spiro atoms. The van der Waals surface area contributed by atoms with Gasteiger partial charge in [-0.05, 0) is 24.2 Å². The monoisotopic (exact) mass is 246 g/mol. The third kappa shape index (κ3) is 3.02. The summed E-state index contributed by atoms with van der Waals surface area (Å²) in [6, 6.07) is 13.2. The minimum atomic E-state index is -0.511. The molecule has 90 valence electrons. The zero-order valence-electron chi connectivity index (χ0n) is 10.1. The summed E-state index contributed by atoms with van der Waals surface area (Å²) < 4.78 is 0. The van der Waals surface area contributed by atoms with Gasteiger partial charge in [-0.2, -0.15) is 17.0 Å². The summed E-state index contributed by atoms with van der Waals surface area (Å²) in [7, 11) is 0. The molecule has 0 radical (unpaired) electrons. The van der Waals surface area contributed by atoms with Crippen LogP contribution < -0.4 is 5.32 Å². The molecule has 1 aliphatic carbocycles. The predicted octanol–water partition coefficient (Wildman–Crippen LogP) is 2.91. The predicted molar refractivity (Wildman–Crippen MR) is 72.9 cm³/mol. The van der Waals surface area contributed by atoms with Crippen molar-refractivity contribution in [2.75, 3.05) is 11.5 Å². The molecule has 0 heterocycles. The van der Waals surface area contributed by atoms with Crippen molar-refractivity contribution >= 4 is 11.8 Å². The Morgan fingerprint density at radius 3 is 2.65 bits per heavy atom. The molecule has 0 saturated heterocycles. The van der Waals surface area contributed by atoms with E-state index in [0.29, 0.717) is 6.04 Å². The maximum absolute atomic E-state index is 9.61. The van der Waals surface area contributed by atoms with Crippen LogP contribution in [0.15, 0.2) is 30.3 Å². The maximum Gasteiger partial charge on any atom is 0.141 e. The zero-order valence-corrected chi connectivity index (χ0v) is 11.0. The molecule has 17 heavy (non-hydrogen) atoms. The molecule has 0 amide bonds. The van der Waals surface area contributed by atoms with Crippen molar-refractivity contribution in [3.8, 4) is 6.07 Å². The summed E-state index contributed by atoms with van der Waals surface area (Å²) in [4.78, 5) is 0. The lowest BCUT2D eigenvalue weighted by Gasteiger charge is -2.28. The first-order valence-electron chi connectivity index (χ1n) is 6.13. The molecule has 1 saturated carbocycles.